The topological polar surface area (TPSA) is 64.0 Å². The Hall–Kier alpha value is -3.09. The van der Waals surface area contributed by atoms with E-state index in [-0.39, 0.29) is 18.5 Å². The van der Waals surface area contributed by atoms with E-state index < -0.39 is 17.2 Å². The standard InChI is InChI=1S/C21H19F2N3O2/c22-17-10-9-13(11-18(17)23)20-15-7-3-4-8-16(15)21(28)26(25-20)12-19(27)24-14-5-1-2-6-14/h3-4,7-11,14H,1-2,5-6,12H2,(H,24,27). The van der Waals surface area contributed by atoms with Crippen molar-refractivity contribution in [3.05, 3.63) is 64.5 Å². The molecule has 0 unspecified atom stereocenters. The second-order valence-electron chi connectivity index (χ2n) is 7.03. The number of amides is 1. The lowest BCUT2D eigenvalue weighted by atomic mass is 10.0. The van der Waals surface area contributed by atoms with Gasteiger partial charge < -0.3 is 5.32 Å². The van der Waals surface area contributed by atoms with Gasteiger partial charge in [0.15, 0.2) is 11.6 Å². The third-order valence-electron chi connectivity index (χ3n) is 5.07. The Bertz CT molecular complexity index is 1100. The smallest absolute Gasteiger partial charge is 0.275 e. The highest BCUT2D eigenvalue weighted by atomic mass is 19.2. The SMILES string of the molecule is O=C(Cn1nc(-c2ccc(F)c(F)c2)c2ccccc2c1=O)NC1CCCC1. The molecular formula is C21H19F2N3O2. The average Bonchev–Trinajstić information content (AvgIpc) is 3.19. The molecule has 0 bridgehead atoms. The van der Waals surface area contributed by atoms with E-state index in [0.29, 0.717) is 22.0 Å². The summed E-state index contributed by atoms with van der Waals surface area (Å²) >= 11 is 0. The predicted molar refractivity (Wildman–Crippen MR) is 102 cm³/mol. The van der Waals surface area contributed by atoms with Crippen molar-refractivity contribution in [2.75, 3.05) is 0 Å². The van der Waals surface area contributed by atoms with Crippen LogP contribution in [0.15, 0.2) is 47.3 Å². The molecule has 0 saturated heterocycles. The maximum Gasteiger partial charge on any atom is 0.275 e. The van der Waals surface area contributed by atoms with Gasteiger partial charge in [-0.1, -0.05) is 31.0 Å². The molecule has 1 heterocycles. The maximum atomic E-state index is 13.7. The molecule has 2 aromatic carbocycles. The van der Waals surface area contributed by atoms with Gasteiger partial charge in [-0.3, -0.25) is 9.59 Å². The summed E-state index contributed by atoms with van der Waals surface area (Å²) in [7, 11) is 0. The van der Waals surface area contributed by atoms with E-state index in [2.05, 4.69) is 10.4 Å². The van der Waals surface area contributed by atoms with Gasteiger partial charge in [-0.25, -0.2) is 13.5 Å². The number of carbonyl (C=O) groups is 1. The van der Waals surface area contributed by atoms with Crippen LogP contribution in [0.2, 0.25) is 0 Å². The van der Waals surface area contributed by atoms with Gasteiger partial charge in [0.2, 0.25) is 5.91 Å². The van der Waals surface area contributed by atoms with Gasteiger partial charge in [0.05, 0.1) is 11.1 Å². The Morgan fingerprint density at radius 3 is 2.50 bits per heavy atom. The molecule has 144 valence electrons. The van der Waals surface area contributed by atoms with Crippen LogP contribution in [0.3, 0.4) is 0 Å². The number of halogens is 2. The Kier molecular flexibility index (Phi) is 4.90. The van der Waals surface area contributed by atoms with Crippen LogP contribution in [0.25, 0.3) is 22.0 Å². The van der Waals surface area contributed by atoms with Crippen molar-refractivity contribution in [1.82, 2.24) is 15.1 Å². The second-order valence-corrected chi connectivity index (χ2v) is 7.03. The fourth-order valence-electron chi connectivity index (χ4n) is 3.68. The van der Waals surface area contributed by atoms with E-state index in [1.165, 1.54) is 6.07 Å². The Morgan fingerprint density at radius 1 is 1.07 bits per heavy atom. The molecule has 1 fully saturated rings. The van der Waals surface area contributed by atoms with Crippen molar-refractivity contribution in [3.63, 3.8) is 0 Å². The van der Waals surface area contributed by atoms with E-state index >= 15 is 0 Å². The molecule has 1 aromatic heterocycles. The molecule has 0 spiro atoms. The number of nitrogens with one attached hydrogen (secondary N) is 1. The molecule has 7 heteroatoms. The lowest BCUT2D eigenvalue weighted by Gasteiger charge is -2.14. The van der Waals surface area contributed by atoms with Crippen LogP contribution in [0.5, 0.6) is 0 Å². The highest BCUT2D eigenvalue weighted by Crippen LogP contribution is 2.26. The van der Waals surface area contributed by atoms with Crippen molar-refractivity contribution in [1.29, 1.82) is 0 Å². The summed E-state index contributed by atoms with van der Waals surface area (Å²) in [6.45, 7) is -0.225. The second kappa shape index (κ2) is 7.50. The average molecular weight is 383 g/mol. The Labute approximate surface area is 160 Å². The minimum absolute atomic E-state index is 0.134. The first-order valence-electron chi connectivity index (χ1n) is 9.27. The number of nitrogens with zero attached hydrogens (tertiary/aromatic N) is 2. The number of fused-ring (bicyclic) bond motifs is 1. The van der Waals surface area contributed by atoms with E-state index in [0.717, 1.165) is 42.5 Å². The Balaban J connectivity index is 1.76. The fraction of sp³-hybridized carbons (Fsp3) is 0.286. The molecule has 1 saturated carbocycles. The van der Waals surface area contributed by atoms with Crippen LogP contribution in [0, 0.1) is 11.6 Å². The van der Waals surface area contributed by atoms with Crippen molar-refractivity contribution >= 4 is 16.7 Å². The highest BCUT2D eigenvalue weighted by Gasteiger charge is 2.19. The first-order valence-corrected chi connectivity index (χ1v) is 9.27. The van der Waals surface area contributed by atoms with Gasteiger partial charge in [-0.2, -0.15) is 5.10 Å². The zero-order chi connectivity index (χ0) is 19.7. The number of hydrogen-bond acceptors (Lipinski definition) is 3. The minimum atomic E-state index is -1.000. The molecule has 0 radical (unpaired) electrons. The normalized spacial score (nSPS) is 14.5. The third kappa shape index (κ3) is 3.52. The minimum Gasteiger partial charge on any atom is -0.352 e. The highest BCUT2D eigenvalue weighted by molar-refractivity contribution is 5.93. The molecule has 3 aromatic rings. The van der Waals surface area contributed by atoms with E-state index in [1.54, 1.807) is 24.3 Å². The lowest BCUT2D eigenvalue weighted by molar-refractivity contribution is -0.122. The number of benzene rings is 2. The summed E-state index contributed by atoms with van der Waals surface area (Å²) in [5.41, 5.74) is 0.256. The lowest BCUT2D eigenvalue weighted by Crippen LogP contribution is -2.38. The molecule has 1 aliphatic carbocycles. The third-order valence-corrected chi connectivity index (χ3v) is 5.07. The van der Waals surface area contributed by atoms with Gasteiger partial charge in [0.25, 0.3) is 5.56 Å². The van der Waals surface area contributed by atoms with Crippen LogP contribution in [-0.2, 0) is 11.3 Å². The molecule has 5 nitrogen and oxygen atoms in total. The van der Waals surface area contributed by atoms with Crippen molar-refractivity contribution in [3.8, 4) is 11.3 Å². The predicted octanol–water partition coefficient (Wildman–Crippen LogP) is 3.40. The van der Waals surface area contributed by atoms with Gasteiger partial charge in [-0.15, -0.1) is 0 Å². The summed E-state index contributed by atoms with van der Waals surface area (Å²) in [4.78, 5) is 25.2. The molecule has 1 aliphatic rings. The molecular weight excluding hydrogens is 364 g/mol. The number of hydrogen-bond donors (Lipinski definition) is 1. The summed E-state index contributed by atoms with van der Waals surface area (Å²) in [6.07, 6.45) is 4.04. The molecule has 28 heavy (non-hydrogen) atoms. The van der Waals surface area contributed by atoms with Crippen LogP contribution >= 0.6 is 0 Å². The van der Waals surface area contributed by atoms with Crippen LogP contribution in [0.1, 0.15) is 25.7 Å². The number of aromatic nitrogens is 2. The van der Waals surface area contributed by atoms with Gasteiger partial charge in [-0.05, 0) is 37.1 Å². The first kappa shape index (κ1) is 18.3. The first-order chi connectivity index (χ1) is 13.5. The maximum absolute atomic E-state index is 13.7. The number of carbonyl (C=O) groups excluding carboxylic acids is 1. The summed E-state index contributed by atoms with van der Waals surface area (Å²) in [6, 6.07) is 10.4. The zero-order valence-corrected chi connectivity index (χ0v) is 15.1. The van der Waals surface area contributed by atoms with Gasteiger partial charge in [0, 0.05) is 17.0 Å². The van der Waals surface area contributed by atoms with Crippen LogP contribution in [0.4, 0.5) is 8.78 Å². The monoisotopic (exact) mass is 383 g/mol. The zero-order valence-electron chi connectivity index (χ0n) is 15.1. The quantitative estimate of drug-likeness (QED) is 0.751. The van der Waals surface area contributed by atoms with E-state index in [9.17, 15) is 18.4 Å². The van der Waals surface area contributed by atoms with E-state index in [4.69, 9.17) is 0 Å². The van der Waals surface area contributed by atoms with Gasteiger partial charge >= 0.3 is 0 Å². The van der Waals surface area contributed by atoms with Gasteiger partial charge in [0.1, 0.15) is 6.54 Å². The van der Waals surface area contributed by atoms with E-state index in [1.807, 2.05) is 0 Å². The largest absolute Gasteiger partial charge is 0.352 e. The molecule has 0 atom stereocenters. The van der Waals surface area contributed by atoms with Crippen molar-refractivity contribution < 1.29 is 13.6 Å². The Morgan fingerprint density at radius 2 is 1.79 bits per heavy atom. The summed E-state index contributed by atoms with van der Waals surface area (Å²) in [5, 5.41) is 8.13. The molecule has 4 rings (SSSR count). The fourth-order valence-corrected chi connectivity index (χ4v) is 3.68. The molecule has 1 N–H and O–H groups in total. The summed E-state index contributed by atoms with van der Waals surface area (Å²) in [5.74, 6) is -2.24. The van der Waals surface area contributed by atoms with Crippen molar-refractivity contribution in [2.24, 2.45) is 0 Å². The van der Waals surface area contributed by atoms with Crippen molar-refractivity contribution in [2.45, 2.75) is 38.3 Å². The number of rotatable bonds is 4. The van der Waals surface area contributed by atoms with Crippen LogP contribution in [-0.4, -0.2) is 21.7 Å². The van der Waals surface area contributed by atoms with Crippen LogP contribution < -0.4 is 10.9 Å². The molecule has 1 amide bonds. The summed E-state index contributed by atoms with van der Waals surface area (Å²) < 4.78 is 28.2. The molecule has 0 aliphatic heterocycles.